The van der Waals surface area contributed by atoms with Crippen LogP contribution < -0.4 is 4.90 Å². The summed E-state index contributed by atoms with van der Waals surface area (Å²) in [5, 5.41) is 5.94. The molecule has 3 saturated heterocycles. The van der Waals surface area contributed by atoms with E-state index in [1.165, 1.54) is 30.4 Å². The van der Waals surface area contributed by atoms with E-state index in [2.05, 4.69) is 41.8 Å². The van der Waals surface area contributed by atoms with Crippen molar-refractivity contribution in [1.29, 1.82) is 0 Å². The maximum absolute atomic E-state index is 5.87. The van der Waals surface area contributed by atoms with Crippen molar-refractivity contribution in [3.8, 4) is 5.82 Å². The third kappa shape index (κ3) is 4.62. The standard InChI is InChI=1S/C28H38N6O2/c1-4-24-17-33(10-12-36-24)27-15-28(31-20(3)30-27)34-26-14-25(19(2)13-22(26)16-29-34)21-5-8-32(9-6-21)23-7-11-35-18-23/h13-16,21,23-24H,4-12,17-18H2,1-3H3. The van der Waals surface area contributed by atoms with Crippen molar-refractivity contribution in [3.63, 3.8) is 0 Å². The molecule has 8 nitrogen and oxygen atoms in total. The number of aromatic nitrogens is 4. The lowest BCUT2D eigenvalue weighted by molar-refractivity contribution is 0.0381. The van der Waals surface area contributed by atoms with Gasteiger partial charge in [-0.3, -0.25) is 4.90 Å². The summed E-state index contributed by atoms with van der Waals surface area (Å²) in [4.78, 5) is 14.5. The Bertz CT molecular complexity index is 1210. The molecule has 0 bridgehead atoms. The van der Waals surface area contributed by atoms with Gasteiger partial charge < -0.3 is 14.4 Å². The molecule has 3 aliphatic heterocycles. The lowest BCUT2D eigenvalue weighted by atomic mass is 9.86. The van der Waals surface area contributed by atoms with Gasteiger partial charge in [0.2, 0.25) is 0 Å². The van der Waals surface area contributed by atoms with Gasteiger partial charge in [0.15, 0.2) is 5.82 Å². The van der Waals surface area contributed by atoms with E-state index in [0.29, 0.717) is 12.0 Å². The van der Waals surface area contributed by atoms with Crippen LogP contribution >= 0.6 is 0 Å². The Morgan fingerprint density at radius 3 is 2.58 bits per heavy atom. The molecular formula is C28H38N6O2. The van der Waals surface area contributed by atoms with Crippen LogP contribution in [0.4, 0.5) is 5.82 Å². The number of benzene rings is 1. The van der Waals surface area contributed by atoms with Crippen LogP contribution in [0.15, 0.2) is 24.4 Å². The highest BCUT2D eigenvalue weighted by Gasteiger charge is 2.29. The van der Waals surface area contributed by atoms with E-state index >= 15 is 0 Å². The zero-order chi connectivity index (χ0) is 24.6. The number of nitrogens with zero attached hydrogens (tertiary/aromatic N) is 6. The second kappa shape index (κ2) is 10.1. The normalized spacial score (nSPS) is 24.1. The zero-order valence-electron chi connectivity index (χ0n) is 21.8. The first-order valence-electron chi connectivity index (χ1n) is 13.6. The zero-order valence-corrected chi connectivity index (χ0v) is 21.8. The van der Waals surface area contributed by atoms with Crippen LogP contribution in [0, 0.1) is 13.8 Å². The largest absolute Gasteiger partial charge is 0.380 e. The molecule has 2 aromatic heterocycles. The summed E-state index contributed by atoms with van der Waals surface area (Å²) in [6.07, 6.45) is 6.80. The van der Waals surface area contributed by atoms with Crippen LogP contribution in [0.25, 0.3) is 16.7 Å². The lowest BCUT2D eigenvalue weighted by Crippen LogP contribution is -2.42. The summed E-state index contributed by atoms with van der Waals surface area (Å²) in [7, 11) is 0. The molecule has 0 N–H and O–H groups in total. The van der Waals surface area contributed by atoms with E-state index in [0.717, 1.165) is 80.8 Å². The minimum atomic E-state index is 0.251. The molecule has 5 heterocycles. The first-order chi connectivity index (χ1) is 17.6. The lowest BCUT2D eigenvalue weighted by Gasteiger charge is -2.36. The van der Waals surface area contributed by atoms with E-state index in [9.17, 15) is 0 Å². The predicted molar refractivity (Wildman–Crippen MR) is 141 cm³/mol. The summed E-state index contributed by atoms with van der Waals surface area (Å²) in [6, 6.07) is 7.37. The molecular weight excluding hydrogens is 452 g/mol. The third-order valence-corrected chi connectivity index (χ3v) is 8.29. The Labute approximate surface area is 213 Å². The molecule has 0 spiro atoms. The van der Waals surface area contributed by atoms with Crippen molar-refractivity contribution in [2.24, 2.45) is 0 Å². The summed E-state index contributed by atoms with van der Waals surface area (Å²) in [6.45, 7) is 13.0. The molecule has 3 aliphatic rings. The molecule has 0 radical (unpaired) electrons. The number of morpholine rings is 1. The van der Waals surface area contributed by atoms with E-state index in [1.807, 2.05) is 17.8 Å². The second-order valence-electron chi connectivity index (χ2n) is 10.6. The van der Waals surface area contributed by atoms with E-state index in [4.69, 9.17) is 24.5 Å². The Hall–Kier alpha value is -2.55. The summed E-state index contributed by atoms with van der Waals surface area (Å²) < 4.78 is 13.5. The maximum atomic E-state index is 5.87. The van der Waals surface area contributed by atoms with Crippen molar-refractivity contribution in [2.75, 3.05) is 50.9 Å². The number of ether oxygens (including phenoxy) is 2. The monoisotopic (exact) mass is 490 g/mol. The summed E-state index contributed by atoms with van der Waals surface area (Å²) >= 11 is 0. The van der Waals surface area contributed by atoms with Crippen LogP contribution in [-0.4, -0.2) is 82.8 Å². The topological polar surface area (TPSA) is 68.5 Å². The maximum Gasteiger partial charge on any atom is 0.159 e. The van der Waals surface area contributed by atoms with Gasteiger partial charge in [-0.25, -0.2) is 14.6 Å². The third-order valence-electron chi connectivity index (χ3n) is 8.29. The Balaban J connectivity index is 1.28. The molecule has 192 valence electrons. The van der Waals surface area contributed by atoms with Gasteiger partial charge in [0.25, 0.3) is 0 Å². The molecule has 0 saturated carbocycles. The van der Waals surface area contributed by atoms with Crippen molar-refractivity contribution in [1.82, 2.24) is 24.6 Å². The van der Waals surface area contributed by atoms with Crippen LogP contribution in [0.1, 0.15) is 55.5 Å². The average Bonchev–Trinajstić information content (AvgIpc) is 3.58. The quantitative estimate of drug-likeness (QED) is 0.535. The molecule has 3 fully saturated rings. The molecule has 8 heteroatoms. The predicted octanol–water partition coefficient (Wildman–Crippen LogP) is 4.02. The highest BCUT2D eigenvalue weighted by atomic mass is 16.5. The van der Waals surface area contributed by atoms with E-state index in [-0.39, 0.29) is 6.10 Å². The van der Waals surface area contributed by atoms with Crippen molar-refractivity contribution in [3.05, 3.63) is 41.3 Å². The molecule has 3 aromatic rings. The van der Waals surface area contributed by atoms with Gasteiger partial charge >= 0.3 is 0 Å². The van der Waals surface area contributed by atoms with E-state index in [1.54, 1.807) is 0 Å². The molecule has 1 aromatic carbocycles. The molecule has 6 rings (SSSR count). The fourth-order valence-electron chi connectivity index (χ4n) is 6.19. The fraction of sp³-hybridized carbons (Fsp3) is 0.607. The van der Waals surface area contributed by atoms with Crippen LogP contribution in [0.5, 0.6) is 0 Å². The molecule has 2 atom stereocenters. The molecule has 2 unspecified atom stereocenters. The van der Waals surface area contributed by atoms with E-state index < -0.39 is 0 Å². The first kappa shape index (κ1) is 23.8. The number of fused-ring (bicyclic) bond motifs is 1. The second-order valence-corrected chi connectivity index (χ2v) is 10.6. The molecule has 0 aliphatic carbocycles. The van der Waals surface area contributed by atoms with Gasteiger partial charge in [-0.1, -0.05) is 6.92 Å². The van der Waals surface area contributed by atoms with Gasteiger partial charge in [-0.15, -0.1) is 0 Å². The number of aryl methyl sites for hydroxylation is 2. The van der Waals surface area contributed by atoms with Crippen LogP contribution in [0.3, 0.4) is 0 Å². The van der Waals surface area contributed by atoms with Crippen molar-refractivity contribution >= 4 is 16.7 Å². The highest BCUT2D eigenvalue weighted by molar-refractivity contribution is 5.82. The van der Waals surface area contributed by atoms with Gasteiger partial charge in [0.05, 0.1) is 31.0 Å². The number of hydrogen-bond donors (Lipinski definition) is 0. The smallest absolute Gasteiger partial charge is 0.159 e. The number of rotatable bonds is 5. The highest BCUT2D eigenvalue weighted by Crippen LogP contribution is 2.34. The molecule has 0 amide bonds. The SMILES string of the molecule is CCC1CN(c2cc(-n3ncc4cc(C)c(C5CCN(C6CCOC6)CC5)cc43)nc(C)n2)CCO1. The Kier molecular flexibility index (Phi) is 6.67. The fourth-order valence-corrected chi connectivity index (χ4v) is 6.19. The minimum absolute atomic E-state index is 0.251. The Morgan fingerprint density at radius 2 is 1.81 bits per heavy atom. The number of anilines is 1. The number of likely N-dealkylation sites (tertiary alicyclic amines) is 1. The van der Waals surface area contributed by atoms with Gasteiger partial charge in [-0.05, 0) is 81.8 Å². The number of hydrogen-bond acceptors (Lipinski definition) is 7. The first-order valence-corrected chi connectivity index (χ1v) is 13.6. The average molecular weight is 491 g/mol. The van der Waals surface area contributed by atoms with Gasteiger partial charge in [0.1, 0.15) is 11.6 Å². The van der Waals surface area contributed by atoms with Crippen LogP contribution in [-0.2, 0) is 9.47 Å². The number of piperidine rings is 1. The van der Waals surface area contributed by atoms with Crippen molar-refractivity contribution in [2.45, 2.75) is 64.5 Å². The van der Waals surface area contributed by atoms with Gasteiger partial charge in [-0.2, -0.15) is 5.10 Å². The molecule has 36 heavy (non-hydrogen) atoms. The summed E-state index contributed by atoms with van der Waals surface area (Å²) in [5.74, 6) is 3.14. The minimum Gasteiger partial charge on any atom is -0.380 e. The summed E-state index contributed by atoms with van der Waals surface area (Å²) in [5.41, 5.74) is 3.94. The van der Waals surface area contributed by atoms with Crippen LogP contribution in [0.2, 0.25) is 0 Å². The van der Waals surface area contributed by atoms with Gasteiger partial charge in [0, 0.05) is 37.2 Å². The van der Waals surface area contributed by atoms with Crippen molar-refractivity contribution < 1.29 is 9.47 Å². The Morgan fingerprint density at radius 1 is 0.972 bits per heavy atom.